The molecule has 1 heterocycles. The highest BCUT2D eigenvalue weighted by molar-refractivity contribution is 6.28. The van der Waals surface area contributed by atoms with Gasteiger partial charge in [-0.15, -0.1) is 0 Å². The normalized spacial score (nSPS) is 12.0. The third-order valence-electron chi connectivity index (χ3n) is 4.21. The van der Waals surface area contributed by atoms with E-state index in [4.69, 9.17) is 0 Å². The SMILES string of the molecule is c1cnc2c(c1)cc1ccc3cccc4ccc2c1c34. The number of benzene rings is 4. The summed E-state index contributed by atoms with van der Waals surface area (Å²) in [6.45, 7) is 0. The Balaban J connectivity index is 2.23. The van der Waals surface area contributed by atoms with Crippen LogP contribution < -0.4 is 0 Å². The minimum Gasteiger partial charge on any atom is -0.256 e. The Bertz CT molecular complexity index is 1080. The Labute approximate surface area is 115 Å². The Morgan fingerprint density at radius 1 is 0.600 bits per heavy atom. The molecule has 0 bridgehead atoms. The number of fused-ring (bicyclic) bond motifs is 2. The monoisotopic (exact) mass is 253 g/mol. The van der Waals surface area contributed by atoms with Crippen molar-refractivity contribution < 1.29 is 0 Å². The summed E-state index contributed by atoms with van der Waals surface area (Å²) in [4.78, 5) is 4.59. The fourth-order valence-corrected chi connectivity index (χ4v) is 3.35. The Hall–Kier alpha value is -2.67. The van der Waals surface area contributed by atoms with E-state index in [9.17, 15) is 0 Å². The third-order valence-corrected chi connectivity index (χ3v) is 4.21. The van der Waals surface area contributed by atoms with E-state index in [1.165, 1.54) is 37.7 Å². The van der Waals surface area contributed by atoms with Gasteiger partial charge in [0.1, 0.15) is 0 Å². The molecule has 1 heteroatoms. The van der Waals surface area contributed by atoms with Gasteiger partial charge in [0, 0.05) is 17.0 Å². The standard InChI is InChI=1S/C19H11N/c1-3-12-6-7-14-11-15-5-2-10-20-19(15)16-9-8-13(4-1)17(12)18(14)16/h1-11H. The van der Waals surface area contributed by atoms with Crippen LogP contribution in [0.15, 0.2) is 66.9 Å². The van der Waals surface area contributed by atoms with Gasteiger partial charge >= 0.3 is 0 Å². The molecule has 0 aliphatic carbocycles. The molecule has 5 rings (SSSR count). The van der Waals surface area contributed by atoms with Crippen molar-refractivity contribution >= 4 is 43.2 Å². The minimum atomic E-state index is 1.10. The van der Waals surface area contributed by atoms with Crippen molar-refractivity contribution in [3.63, 3.8) is 0 Å². The van der Waals surface area contributed by atoms with Crippen molar-refractivity contribution in [1.29, 1.82) is 0 Å². The van der Waals surface area contributed by atoms with Gasteiger partial charge in [-0.2, -0.15) is 0 Å². The number of rotatable bonds is 0. The molecule has 1 nitrogen and oxygen atoms in total. The molecule has 92 valence electrons. The molecule has 0 fully saturated rings. The number of pyridine rings is 1. The lowest BCUT2D eigenvalue weighted by atomic mass is 9.93. The molecule has 0 aliphatic heterocycles. The summed E-state index contributed by atoms with van der Waals surface area (Å²) in [6, 6.07) is 21.7. The molecule has 0 atom stereocenters. The van der Waals surface area contributed by atoms with E-state index < -0.39 is 0 Å². The second-order valence-electron chi connectivity index (χ2n) is 5.31. The summed E-state index contributed by atoms with van der Waals surface area (Å²) in [6.07, 6.45) is 1.87. The fourth-order valence-electron chi connectivity index (χ4n) is 3.35. The Morgan fingerprint density at radius 3 is 2.25 bits per heavy atom. The summed E-state index contributed by atoms with van der Waals surface area (Å²) in [7, 11) is 0. The highest BCUT2D eigenvalue weighted by atomic mass is 14.6. The van der Waals surface area contributed by atoms with Crippen LogP contribution in [0.2, 0.25) is 0 Å². The molecule has 0 saturated carbocycles. The van der Waals surface area contributed by atoms with Crippen molar-refractivity contribution in [2.45, 2.75) is 0 Å². The molecule has 0 saturated heterocycles. The lowest BCUT2D eigenvalue weighted by Crippen LogP contribution is -1.86. The van der Waals surface area contributed by atoms with Crippen molar-refractivity contribution in [3.05, 3.63) is 66.9 Å². The molecule has 4 aromatic carbocycles. The van der Waals surface area contributed by atoms with Gasteiger partial charge in [0.2, 0.25) is 0 Å². The van der Waals surface area contributed by atoms with Crippen LogP contribution in [0.3, 0.4) is 0 Å². The molecule has 1 aromatic heterocycles. The molecule has 0 N–H and O–H groups in total. The van der Waals surface area contributed by atoms with Gasteiger partial charge in [0.15, 0.2) is 0 Å². The highest BCUT2D eigenvalue weighted by Gasteiger charge is 2.10. The first-order valence-corrected chi connectivity index (χ1v) is 6.83. The maximum Gasteiger partial charge on any atom is 0.0780 e. The number of aromatic nitrogens is 1. The smallest absolute Gasteiger partial charge is 0.0780 e. The maximum absolute atomic E-state index is 4.59. The van der Waals surface area contributed by atoms with Gasteiger partial charge in [-0.05, 0) is 39.1 Å². The Kier molecular flexibility index (Phi) is 1.75. The van der Waals surface area contributed by atoms with E-state index in [1.807, 2.05) is 12.3 Å². The molecule has 5 aromatic rings. The molecule has 0 unspecified atom stereocenters. The average Bonchev–Trinajstić information content (AvgIpc) is 2.52. The lowest BCUT2D eigenvalue weighted by Gasteiger charge is -2.12. The molecule has 20 heavy (non-hydrogen) atoms. The van der Waals surface area contributed by atoms with Crippen LogP contribution in [-0.2, 0) is 0 Å². The van der Waals surface area contributed by atoms with E-state index in [2.05, 4.69) is 59.6 Å². The number of hydrogen-bond donors (Lipinski definition) is 0. The maximum atomic E-state index is 4.59. The van der Waals surface area contributed by atoms with Gasteiger partial charge in [-0.1, -0.05) is 48.5 Å². The first kappa shape index (κ1) is 10.2. The quantitative estimate of drug-likeness (QED) is 0.275. The largest absolute Gasteiger partial charge is 0.256 e. The summed E-state index contributed by atoms with van der Waals surface area (Å²) in [5.41, 5.74) is 1.10. The Morgan fingerprint density at radius 2 is 1.35 bits per heavy atom. The van der Waals surface area contributed by atoms with Crippen LogP contribution in [0.1, 0.15) is 0 Å². The highest BCUT2D eigenvalue weighted by Crippen LogP contribution is 2.37. The van der Waals surface area contributed by atoms with Crippen molar-refractivity contribution in [1.82, 2.24) is 4.98 Å². The van der Waals surface area contributed by atoms with Crippen LogP contribution >= 0.6 is 0 Å². The topological polar surface area (TPSA) is 12.9 Å². The van der Waals surface area contributed by atoms with E-state index in [0.29, 0.717) is 0 Å². The first-order chi connectivity index (χ1) is 9.92. The van der Waals surface area contributed by atoms with Gasteiger partial charge in [-0.3, -0.25) is 4.98 Å². The fraction of sp³-hybridized carbons (Fsp3) is 0. The summed E-state index contributed by atoms with van der Waals surface area (Å²) in [5, 5.41) is 9.05. The van der Waals surface area contributed by atoms with Crippen LogP contribution in [-0.4, -0.2) is 4.98 Å². The van der Waals surface area contributed by atoms with Crippen LogP contribution in [0, 0.1) is 0 Å². The van der Waals surface area contributed by atoms with E-state index in [0.717, 1.165) is 5.52 Å². The second-order valence-corrected chi connectivity index (χ2v) is 5.31. The molecular weight excluding hydrogens is 242 g/mol. The number of nitrogens with zero attached hydrogens (tertiary/aromatic N) is 1. The average molecular weight is 253 g/mol. The van der Waals surface area contributed by atoms with Crippen LogP contribution in [0.4, 0.5) is 0 Å². The molecule has 0 aliphatic rings. The van der Waals surface area contributed by atoms with Crippen molar-refractivity contribution in [2.75, 3.05) is 0 Å². The zero-order valence-electron chi connectivity index (χ0n) is 10.8. The summed E-state index contributed by atoms with van der Waals surface area (Å²) >= 11 is 0. The summed E-state index contributed by atoms with van der Waals surface area (Å²) < 4.78 is 0. The van der Waals surface area contributed by atoms with E-state index >= 15 is 0 Å². The lowest BCUT2D eigenvalue weighted by molar-refractivity contribution is 1.43. The number of hydrogen-bond acceptors (Lipinski definition) is 1. The van der Waals surface area contributed by atoms with E-state index in [1.54, 1.807) is 0 Å². The van der Waals surface area contributed by atoms with Gasteiger partial charge < -0.3 is 0 Å². The zero-order chi connectivity index (χ0) is 13.1. The van der Waals surface area contributed by atoms with Crippen molar-refractivity contribution in [3.8, 4) is 0 Å². The molecular formula is C19H11N. The van der Waals surface area contributed by atoms with Gasteiger partial charge in [0.25, 0.3) is 0 Å². The van der Waals surface area contributed by atoms with Crippen LogP contribution in [0.5, 0.6) is 0 Å². The van der Waals surface area contributed by atoms with Gasteiger partial charge in [-0.25, -0.2) is 0 Å². The predicted molar refractivity (Wildman–Crippen MR) is 85.4 cm³/mol. The molecule has 0 amide bonds. The van der Waals surface area contributed by atoms with Crippen molar-refractivity contribution in [2.24, 2.45) is 0 Å². The van der Waals surface area contributed by atoms with Gasteiger partial charge in [0.05, 0.1) is 5.52 Å². The first-order valence-electron chi connectivity index (χ1n) is 6.83. The summed E-state index contributed by atoms with van der Waals surface area (Å²) in [5.74, 6) is 0. The minimum absolute atomic E-state index is 1.10. The molecule has 0 radical (unpaired) electrons. The van der Waals surface area contributed by atoms with Crippen LogP contribution in [0.25, 0.3) is 43.2 Å². The molecule has 0 spiro atoms. The zero-order valence-corrected chi connectivity index (χ0v) is 10.8. The predicted octanol–water partition coefficient (Wildman–Crippen LogP) is 5.13. The second kappa shape index (κ2) is 3.45. The third kappa shape index (κ3) is 1.15. The van der Waals surface area contributed by atoms with E-state index in [-0.39, 0.29) is 0 Å².